The summed E-state index contributed by atoms with van der Waals surface area (Å²) in [5, 5.41) is 3.26. The molecule has 4 rings (SSSR count). The summed E-state index contributed by atoms with van der Waals surface area (Å²) in [4.78, 5) is 19.3. The van der Waals surface area contributed by atoms with E-state index >= 15 is 0 Å². The standard InChI is InChI=1S/C23H25N3OS/c1-3-16-4-6-17(7-5-16)10-12-26-21(27)15-23(2,25-22(26)24)19-8-9-20-18(14-19)11-13-28-20/h3-4,6,8-9,11,13-14H,1,5,7,10,12,15H2,2H3,(H2,24,25)/t23-/m0/s1. The van der Waals surface area contributed by atoms with Gasteiger partial charge in [0.2, 0.25) is 5.91 Å². The molecule has 1 aromatic carbocycles. The van der Waals surface area contributed by atoms with Crippen molar-refractivity contribution in [1.82, 2.24) is 4.90 Å². The number of fused-ring (bicyclic) bond motifs is 1. The Morgan fingerprint density at radius 1 is 1.32 bits per heavy atom. The van der Waals surface area contributed by atoms with Gasteiger partial charge in [0.15, 0.2) is 5.96 Å². The fraction of sp³-hybridized carbons (Fsp3) is 0.304. The van der Waals surface area contributed by atoms with Gasteiger partial charge in [-0.05, 0) is 66.3 Å². The maximum absolute atomic E-state index is 12.9. The quantitative estimate of drug-likeness (QED) is 0.789. The minimum absolute atomic E-state index is 0.0409. The molecule has 0 saturated carbocycles. The maximum atomic E-state index is 12.9. The number of rotatable bonds is 5. The van der Waals surface area contributed by atoms with Crippen LogP contribution in [0.1, 0.15) is 38.2 Å². The van der Waals surface area contributed by atoms with E-state index < -0.39 is 5.54 Å². The molecule has 0 fully saturated rings. The average molecular weight is 392 g/mol. The molecule has 2 N–H and O–H groups in total. The molecule has 1 aliphatic carbocycles. The number of hydrogen-bond acceptors (Lipinski definition) is 4. The van der Waals surface area contributed by atoms with E-state index in [0.717, 1.165) is 24.8 Å². The number of aliphatic imine (C=N–C) groups is 1. The van der Waals surface area contributed by atoms with E-state index in [1.807, 2.05) is 13.0 Å². The van der Waals surface area contributed by atoms with Gasteiger partial charge in [-0.25, -0.2) is 4.99 Å². The van der Waals surface area contributed by atoms with Gasteiger partial charge in [0, 0.05) is 11.2 Å². The van der Waals surface area contributed by atoms with Gasteiger partial charge in [0.25, 0.3) is 0 Å². The highest BCUT2D eigenvalue weighted by atomic mass is 32.1. The van der Waals surface area contributed by atoms with E-state index in [0.29, 0.717) is 18.9 Å². The number of allylic oxidation sites excluding steroid dienone is 4. The maximum Gasteiger partial charge on any atom is 0.232 e. The second-order valence-corrected chi connectivity index (χ2v) is 8.61. The van der Waals surface area contributed by atoms with Crippen molar-refractivity contribution in [3.8, 4) is 0 Å². The summed E-state index contributed by atoms with van der Waals surface area (Å²) in [6, 6.07) is 8.39. The van der Waals surface area contributed by atoms with Crippen molar-refractivity contribution in [2.45, 2.75) is 38.1 Å². The Morgan fingerprint density at radius 2 is 2.18 bits per heavy atom. The number of nitrogens with zero attached hydrogens (tertiary/aromatic N) is 2. The van der Waals surface area contributed by atoms with E-state index in [4.69, 9.17) is 10.7 Å². The Hall–Kier alpha value is -2.66. The Labute approximate surface area is 169 Å². The number of hydrogen-bond donors (Lipinski definition) is 1. The van der Waals surface area contributed by atoms with Gasteiger partial charge in [-0.1, -0.05) is 36.4 Å². The van der Waals surface area contributed by atoms with Crippen LogP contribution < -0.4 is 5.73 Å². The van der Waals surface area contributed by atoms with Crippen molar-refractivity contribution < 1.29 is 4.79 Å². The van der Waals surface area contributed by atoms with Crippen LogP contribution in [0.15, 0.2) is 70.6 Å². The van der Waals surface area contributed by atoms with Gasteiger partial charge in [-0.15, -0.1) is 11.3 Å². The van der Waals surface area contributed by atoms with Gasteiger partial charge < -0.3 is 5.73 Å². The first kappa shape index (κ1) is 18.7. The zero-order valence-electron chi connectivity index (χ0n) is 16.1. The highest BCUT2D eigenvalue weighted by Crippen LogP contribution is 2.36. The first-order chi connectivity index (χ1) is 13.5. The lowest BCUT2D eigenvalue weighted by molar-refractivity contribution is -0.129. The molecule has 1 atom stereocenters. The third-order valence-electron chi connectivity index (χ3n) is 5.70. The molecule has 1 aromatic heterocycles. The second kappa shape index (κ2) is 7.40. The first-order valence-electron chi connectivity index (χ1n) is 9.63. The Balaban J connectivity index is 1.52. The monoisotopic (exact) mass is 391 g/mol. The number of benzene rings is 1. The molecule has 0 bridgehead atoms. The molecule has 144 valence electrons. The van der Waals surface area contributed by atoms with Gasteiger partial charge in [0.1, 0.15) is 0 Å². The zero-order chi connectivity index (χ0) is 19.7. The topological polar surface area (TPSA) is 58.7 Å². The summed E-state index contributed by atoms with van der Waals surface area (Å²) in [7, 11) is 0. The Morgan fingerprint density at radius 3 is 2.89 bits per heavy atom. The fourth-order valence-electron chi connectivity index (χ4n) is 3.91. The number of thiophene rings is 1. The van der Waals surface area contributed by atoms with Crippen molar-refractivity contribution in [3.05, 3.63) is 71.2 Å². The highest BCUT2D eigenvalue weighted by molar-refractivity contribution is 7.17. The molecule has 0 spiro atoms. The molecule has 0 unspecified atom stereocenters. The number of guanidine groups is 1. The third kappa shape index (κ3) is 3.54. The summed E-state index contributed by atoms with van der Waals surface area (Å²) in [6.45, 7) is 6.39. The lowest BCUT2D eigenvalue weighted by Crippen LogP contribution is -2.50. The Bertz CT molecular complexity index is 1030. The SMILES string of the molecule is C=CC1=CC=C(CCN2C(=O)C[C@@](C)(c3ccc4sccc4c3)N=C2N)CC1. The lowest BCUT2D eigenvalue weighted by atomic mass is 9.87. The van der Waals surface area contributed by atoms with Crippen LogP contribution in [0.2, 0.25) is 0 Å². The van der Waals surface area contributed by atoms with Gasteiger partial charge in [0.05, 0.1) is 12.0 Å². The van der Waals surface area contributed by atoms with Crippen LogP contribution in [-0.4, -0.2) is 23.3 Å². The summed E-state index contributed by atoms with van der Waals surface area (Å²) < 4.78 is 1.24. The average Bonchev–Trinajstić information content (AvgIpc) is 3.15. The normalized spacial score (nSPS) is 22.7. The molecule has 2 heterocycles. The van der Waals surface area contributed by atoms with Crippen LogP contribution in [0.5, 0.6) is 0 Å². The van der Waals surface area contributed by atoms with Gasteiger partial charge in [-0.3, -0.25) is 9.69 Å². The summed E-state index contributed by atoms with van der Waals surface area (Å²) in [5.41, 5.74) is 9.27. The second-order valence-electron chi connectivity index (χ2n) is 7.66. The van der Waals surface area contributed by atoms with E-state index in [9.17, 15) is 4.79 Å². The van der Waals surface area contributed by atoms with E-state index in [-0.39, 0.29) is 5.91 Å². The summed E-state index contributed by atoms with van der Waals surface area (Å²) >= 11 is 1.71. The predicted molar refractivity (Wildman–Crippen MR) is 117 cm³/mol. The van der Waals surface area contributed by atoms with Crippen molar-refractivity contribution >= 4 is 33.3 Å². The van der Waals surface area contributed by atoms with Crippen molar-refractivity contribution in [2.75, 3.05) is 6.54 Å². The molecular formula is C23H25N3OS. The lowest BCUT2D eigenvalue weighted by Gasteiger charge is -2.35. The molecule has 4 nitrogen and oxygen atoms in total. The zero-order valence-corrected chi connectivity index (χ0v) is 17.0. The van der Waals surface area contributed by atoms with Crippen LogP contribution >= 0.6 is 11.3 Å². The van der Waals surface area contributed by atoms with Crippen LogP contribution in [0.3, 0.4) is 0 Å². The molecule has 1 amide bonds. The van der Waals surface area contributed by atoms with Gasteiger partial charge in [-0.2, -0.15) is 0 Å². The molecule has 2 aliphatic rings. The van der Waals surface area contributed by atoms with E-state index in [1.54, 1.807) is 16.2 Å². The van der Waals surface area contributed by atoms with E-state index in [2.05, 4.69) is 48.4 Å². The summed E-state index contributed by atoms with van der Waals surface area (Å²) in [6.07, 6.45) is 9.33. The molecule has 2 aromatic rings. The van der Waals surface area contributed by atoms with Crippen molar-refractivity contribution in [1.29, 1.82) is 0 Å². The largest absolute Gasteiger partial charge is 0.369 e. The van der Waals surface area contributed by atoms with Crippen molar-refractivity contribution in [2.24, 2.45) is 10.7 Å². The third-order valence-corrected chi connectivity index (χ3v) is 6.59. The van der Waals surface area contributed by atoms with Gasteiger partial charge >= 0.3 is 0 Å². The molecule has 1 aliphatic heterocycles. The first-order valence-corrected chi connectivity index (χ1v) is 10.5. The minimum atomic E-state index is -0.612. The van der Waals surface area contributed by atoms with Crippen LogP contribution in [0.25, 0.3) is 10.1 Å². The number of nitrogens with two attached hydrogens (primary N) is 1. The predicted octanol–water partition coefficient (Wildman–Crippen LogP) is 4.89. The number of carbonyl (C=O) groups excluding carboxylic acids is 1. The number of amides is 1. The van der Waals surface area contributed by atoms with Crippen LogP contribution in [-0.2, 0) is 10.3 Å². The molecule has 0 saturated heterocycles. The molecule has 5 heteroatoms. The van der Waals surface area contributed by atoms with Crippen LogP contribution in [0.4, 0.5) is 0 Å². The number of carbonyl (C=O) groups is 1. The Kier molecular flexibility index (Phi) is 4.94. The molecule has 28 heavy (non-hydrogen) atoms. The molecule has 0 radical (unpaired) electrons. The van der Waals surface area contributed by atoms with Crippen molar-refractivity contribution in [3.63, 3.8) is 0 Å². The summed E-state index contributed by atoms with van der Waals surface area (Å²) in [5.74, 6) is 0.363. The van der Waals surface area contributed by atoms with Crippen LogP contribution in [0, 0.1) is 0 Å². The highest BCUT2D eigenvalue weighted by Gasteiger charge is 2.37. The fourth-order valence-corrected chi connectivity index (χ4v) is 4.68. The van der Waals surface area contributed by atoms with E-state index in [1.165, 1.54) is 21.2 Å². The molecular weight excluding hydrogens is 366 g/mol. The minimum Gasteiger partial charge on any atom is -0.369 e. The smallest absolute Gasteiger partial charge is 0.232 e.